The average molecular weight is 247 g/mol. The van der Waals surface area contributed by atoms with Gasteiger partial charge in [0.15, 0.2) is 6.29 Å². The summed E-state index contributed by atoms with van der Waals surface area (Å²) in [5, 5.41) is 1.09. The summed E-state index contributed by atoms with van der Waals surface area (Å²) in [5.74, 6) is 0. The summed E-state index contributed by atoms with van der Waals surface area (Å²) in [6.45, 7) is 1.98. The highest BCUT2D eigenvalue weighted by atomic mass is 16.1. The van der Waals surface area contributed by atoms with Crippen molar-refractivity contribution >= 4 is 17.2 Å². The van der Waals surface area contributed by atoms with Crippen molar-refractivity contribution in [1.82, 2.24) is 4.98 Å². The van der Waals surface area contributed by atoms with Crippen molar-refractivity contribution in [2.45, 2.75) is 6.92 Å². The molecular weight excluding hydrogens is 234 g/mol. The first-order valence-corrected chi connectivity index (χ1v) is 6.20. The van der Waals surface area contributed by atoms with Crippen molar-refractivity contribution in [1.29, 1.82) is 0 Å². The minimum Gasteiger partial charge on any atom is -0.298 e. The van der Waals surface area contributed by atoms with E-state index < -0.39 is 0 Å². The number of carbonyl (C=O) groups excluding carboxylic acids is 1. The van der Waals surface area contributed by atoms with Crippen LogP contribution in [0.1, 0.15) is 16.1 Å². The number of carbonyl (C=O) groups is 1. The normalized spacial score (nSPS) is 10.6. The van der Waals surface area contributed by atoms with E-state index in [1.54, 1.807) is 0 Å². The summed E-state index contributed by atoms with van der Waals surface area (Å²) in [6.07, 6.45) is 0.896. The van der Waals surface area contributed by atoms with E-state index in [-0.39, 0.29) is 0 Å². The van der Waals surface area contributed by atoms with Gasteiger partial charge in [0, 0.05) is 16.6 Å². The van der Waals surface area contributed by atoms with Crippen molar-refractivity contribution < 1.29 is 4.79 Å². The van der Waals surface area contributed by atoms with Gasteiger partial charge in [-0.3, -0.25) is 9.78 Å². The molecule has 3 aromatic rings. The predicted molar refractivity (Wildman–Crippen MR) is 77.3 cm³/mol. The molecule has 0 spiro atoms. The van der Waals surface area contributed by atoms with E-state index in [0.29, 0.717) is 5.56 Å². The Labute approximate surface area is 111 Å². The molecule has 0 saturated heterocycles. The van der Waals surface area contributed by atoms with Crippen molar-refractivity contribution in [3.05, 3.63) is 65.9 Å². The van der Waals surface area contributed by atoms with Crippen LogP contribution in [0.15, 0.2) is 54.6 Å². The van der Waals surface area contributed by atoms with E-state index in [1.165, 1.54) is 0 Å². The molecule has 0 saturated carbocycles. The molecule has 0 fully saturated rings. The fraction of sp³-hybridized carbons (Fsp3) is 0.0588. The Bertz CT molecular complexity index is 762. The topological polar surface area (TPSA) is 30.0 Å². The lowest BCUT2D eigenvalue weighted by Crippen LogP contribution is -1.88. The molecular formula is C17H13NO. The Morgan fingerprint density at radius 2 is 1.84 bits per heavy atom. The summed E-state index contributed by atoms with van der Waals surface area (Å²) in [7, 11) is 0. The summed E-state index contributed by atoms with van der Waals surface area (Å²) < 4.78 is 0. The van der Waals surface area contributed by atoms with Gasteiger partial charge in [-0.15, -0.1) is 0 Å². The fourth-order valence-electron chi connectivity index (χ4n) is 2.26. The molecule has 2 heteroatoms. The number of hydrogen-bond acceptors (Lipinski definition) is 2. The lowest BCUT2D eigenvalue weighted by atomic mass is 9.99. The van der Waals surface area contributed by atoms with Gasteiger partial charge < -0.3 is 0 Å². The van der Waals surface area contributed by atoms with Gasteiger partial charge in [-0.1, -0.05) is 36.4 Å². The fourth-order valence-corrected chi connectivity index (χ4v) is 2.26. The number of pyridine rings is 1. The largest absolute Gasteiger partial charge is 0.298 e. The second-order valence-electron chi connectivity index (χ2n) is 4.57. The van der Waals surface area contributed by atoms with Gasteiger partial charge in [0.1, 0.15) is 0 Å². The van der Waals surface area contributed by atoms with Crippen LogP contribution in [0.4, 0.5) is 0 Å². The molecule has 0 radical (unpaired) electrons. The number of aryl methyl sites for hydroxylation is 1. The first kappa shape index (κ1) is 11.6. The predicted octanol–water partition coefficient (Wildman–Crippen LogP) is 4.02. The Balaban J connectivity index is 2.20. The summed E-state index contributed by atoms with van der Waals surface area (Å²) in [6, 6.07) is 17.8. The van der Waals surface area contributed by atoms with Gasteiger partial charge in [-0.05, 0) is 36.2 Å². The number of benzene rings is 2. The van der Waals surface area contributed by atoms with Crippen LogP contribution in [-0.4, -0.2) is 11.3 Å². The molecule has 0 unspecified atom stereocenters. The summed E-state index contributed by atoms with van der Waals surface area (Å²) >= 11 is 0. The Morgan fingerprint density at radius 1 is 1.00 bits per heavy atom. The maximum absolute atomic E-state index is 11.1. The SMILES string of the molecule is Cc1ccc2cc(-c3ccccc3C=O)ccc2n1. The quantitative estimate of drug-likeness (QED) is 0.640. The highest BCUT2D eigenvalue weighted by molar-refractivity contribution is 5.91. The number of aromatic nitrogens is 1. The second kappa shape index (κ2) is 4.65. The molecule has 0 amide bonds. The molecule has 0 aliphatic heterocycles. The summed E-state index contributed by atoms with van der Waals surface area (Å²) in [5.41, 5.74) is 4.70. The number of hydrogen-bond donors (Lipinski definition) is 0. The van der Waals surface area contributed by atoms with Gasteiger partial charge >= 0.3 is 0 Å². The van der Waals surface area contributed by atoms with Crippen LogP contribution in [0.3, 0.4) is 0 Å². The highest BCUT2D eigenvalue weighted by Crippen LogP contribution is 2.26. The van der Waals surface area contributed by atoms with E-state index in [0.717, 1.165) is 34.0 Å². The first-order valence-electron chi connectivity index (χ1n) is 6.20. The van der Waals surface area contributed by atoms with E-state index in [9.17, 15) is 4.79 Å². The Hall–Kier alpha value is -2.48. The molecule has 92 valence electrons. The van der Waals surface area contributed by atoms with Crippen molar-refractivity contribution in [3.8, 4) is 11.1 Å². The van der Waals surface area contributed by atoms with Crippen LogP contribution in [0.5, 0.6) is 0 Å². The number of fused-ring (bicyclic) bond motifs is 1. The highest BCUT2D eigenvalue weighted by Gasteiger charge is 2.05. The molecule has 1 heterocycles. The minimum atomic E-state index is 0.710. The molecule has 0 N–H and O–H groups in total. The monoisotopic (exact) mass is 247 g/mol. The first-order chi connectivity index (χ1) is 9.28. The van der Waals surface area contributed by atoms with E-state index in [4.69, 9.17) is 0 Å². The zero-order valence-corrected chi connectivity index (χ0v) is 10.6. The molecule has 0 aliphatic rings. The van der Waals surface area contributed by atoms with Crippen LogP contribution in [0.25, 0.3) is 22.0 Å². The van der Waals surface area contributed by atoms with Crippen LogP contribution in [-0.2, 0) is 0 Å². The zero-order chi connectivity index (χ0) is 13.2. The molecule has 0 bridgehead atoms. The molecule has 2 aromatic carbocycles. The maximum atomic E-state index is 11.1. The van der Waals surface area contributed by atoms with Crippen LogP contribution >= 0.6 is 0 Å². The lowest BCUT2D eigenvalue weighted by molar-refractivity contribution is 0.112. The van der Waals surface area contributed by atoms with Gasteiger partial charge in [0.05, 0.1) is 5.52 Å². The van der Waals surface area contributed by atoms with E-state index >= 15 is 0 Å². The van der Waals surface area contributed by atoms with Crippen LogP contribution in [0.2, 0.25) is 0 Å². The van der Waals surface area contributed by atoms with E-state index in [1.807, 2.05) is 49.4 Å². The molecule has 2 nitrogen and oxygen atoms in total. The molecule has 0 atom stereocenters. The average Bonchev–Trinajstić information content (AvgIpc) is 2.46. The smallest absolute Gasteiger partial charge is 0.150 e. The number of nitrogens with zero attached hydrogens (tertiary/aromatic N) is 1. The third kappa shape index (κ3) is 2.13. The van der Waals surface area contributed by atoms with Crippen molar-refractivity contribution in [2.75, 3.05) is 0 Å². The zero-order valence-electron chi connectivity index (χ0n) is 10.6. The molecule has 0 aliphatic carbocycles. The third-order valence-electron chi connectivity index (χ3n) is 3.23. The van der Waals surface area contributed by atoms with E-state index in [2.05, 4.69) is 17.1 Å². The van der Waals surface area contributed by atoms with Gasteiger partial charge in [-0.25, -0.2) is 0 Å². The van der Waals surface area contributed by atoms with Crippen LogP contribution in [0, 0.1) is 6.92 Å². The molecule has 3 rings (SSSR count). The molecule has 1 aromatic heterocycles. The van der Waals surface area contributed by atoms with Crippen molar-refractivity contribution in [3.63, 3.8) is 0 Å². The van der Waals surface area contributed by atoms with Crippen molar-refractivity contribution in [2.24, 2.45) is 0 Å². The Kier molecular flexibility index (Phi) is 2.84. The lowest BCUT2D eigenvalue weighted by Gasteiger charge is -2.06. The van der Waals surface area contributed by atoms with Crippen LogP contribution < -0.4 is 0 Å². The standard InChI is InChI=1S/C17H13NO/c1-12-6-7-14-10-13(8-9-17(14)18-12)16-5-3-2-4-15(16)11-19/h2-11H,1H3. The van der Waals surface area contributed by atoms with Gasteiger partial charge in [0.25, 0.3) is 0 Å². The molecule has 19 heavy (non-hydrogen) atoms. The van der Waals surface area contributed by atoms with Gasteiger partial charge in [0.2, 0.25) is 0 Å². The summed E-state index contributed by atoms with van der Waals surface area (Å²) in [4.78, 5) is 15.6. The number of aldehydes is 1. The maximum Gasteiger partial charge on any atom is 0.150 e. The minimum absolute atomic E-state index is 0.710. The number of rotatable bonds is 2. The Morgan fingerprint density at radius 3 is 2.68 bits per heavy atom. The third-order valence-corrected chi connectivity index (χ3v) is 3.23. The van der Waals surface area contributed by atoms with Gasteiger partial charge in [-0.2, -0.15) is 0 Å². The second-order valence-corrected chi connectivity index (χ2v) is 4.57.